The van der Waals surface area contributed by atoms with Crippen molar-refractivity contribution < 1.29 is 0 Å². The highest BCUT2D eigenvalue weighted by Gasteiger charge is 2.25. The van der Waals surface area contributed by atoms with Crippen LogP contribution in [0.4, 0.5) is 5.82 Å². The molecule has 0 bridgehead atoms. The molecule has 0 radical (unpaired) electrons. The number of likely N-dealkylation sites (tertiary alicyclic amines) is 1. The van der Waals surface area contributed by atoms with Crippen molar-refractivity contribution in [1.29, 1.82) is 5.26 Å². The number of hydrogen-bond acceptors (Lipinski definition) is 5. The van der Waals surface area contributed by atoms with Gasteiger partial charge in [-0.1, -0.05) is 12.1 Å². The van der Waals surface area contributed by atoms with Gasteiger partial charge in [0.2, 0.25) is 0 Å². The SMILES string of the molecule is N#Cc1c(CN2CCCC(CN3CCN(c4ccccn4)CC3)C2)cn2ccccc12. The van der Waals surface area contributed by atoms with Gasteiger partial charge in [-0.25, -0.2) is 4.98 Å². The molecular formula is C25H30N6. The van der Waals surface area contributed by atoms with Gasteiger partial charge in [-0.3, -0.25) is 9.80 Å². The van der Waals surface area contributed by atoms with E-state index in [0.29, 0.717) is 5.92 Å². The smallest absolute Gasteiger partial charge is 0.128 e. The quantitative estimate of drug-likeness (QED) is 0.642. The molecule has 3 aromatic rings. The zero-order valence-electron chi connectivity index (χ0n) is 18.0. The largest absolute Gasteiger partial charge is 0.354 e. The van der Waals surface area contributed by atoms with Gasteiger partial charge in [0, 0.05) is 70.0 Å². The van der Waals surface area contributed by atoms with E-state index < -0.39 is 0 Å². The highest BCUT2D eigenvalue weighted by molar-refractivity contribution is 5.65. The first-order valence-electron chi connectivity index (χ1n) is 11.4. The zero-order chi connectivity index (χ0) is 21.0. The van der Waals surface area contributed by atoms with Gasteiger partial charge in [-0.15, -0.1) is 0 Å². The van der Waals surface area contributed by atoms with Gasteiger partial charge in [-0.05, 0) is 49.6 Å². The molecule has 0 aromatic carbocycles. The van der Waals surface area contributed by atoms with Gasteiger partial charge < -0.3 is 9.30 Å². The number of piperidine rings is 1. The maximum absolute atomic E-state index is 9.71. The van der Waals surface area contributed by atoms with Crippen molar-refractivity contribution in [3.63, 3.8) is 0 Å². The molecule has 1 unspecified atom stereocenters. The maximum Gasteiger partial charge on any atom is 0.128 e. The van der Waals surface area contributed by atoms with Gasteiger partial charge in [-0.2, -0.15) is 5.26 Å². The van der Waals surface area contributed by atoms with E-state index in [1.165, 1.54) is 19.4 Å². The van der Waals surface area contributed by atoms with Crippen LogP contribution in [0.25, 0.3) is 5.52 Å². The molecule has 0 spiro atoms. The summed E-state index contributed by atoms with van der Waals surface area (Å²) in [6.45, 7) is 8.61. The van der Waals surface area contributed by atoms with E-state index in [9.17, 15) is 5.26 Å². The fourth-order valence-electron chi connectivity index (χ4n) is 5.18. The first-order chi connectivity index (χ1) is 15.3. The molecule has 3 aromatic heterocycles. The molecule has 0 aliphatic carbocycles. The minimum atomic E-state index is 0.706. The van der Waals surface area contributed by atoms with Crippen LogP contribution in [0.15, 0.2) is 55.0 Å². The second kappa shape index (κ2) is 9.09. The first-order valence-corrected chi connectivity index (χ1v) is 11.4. The molecule has 2 saturated heterocycles. The summed E-state index contributed by atoms with van der Waals surface area (Å²) >= 11 is 0. The van der Waals surface area contributed by atoms with Gasteiger partial charge in [0.05, 0.1) is 11.1 Å². The van der Waals surface area contributed by atoms with Gasteiger partial charge in [0.1, 0.15) is 11.9 Å². The third-order valence-corrected chi connectivity index (χ3v) is 6.73. The van der Waals surface area contributed by atoms with E-state index in [1.54, 1.807) is 0 Å². The highest BCUT2D eigenvalue weighted by Crippen LogP contribution is 2.24. The Labute approximate surface area is 184 Å². The number of hydrogen-bond donors (Lipinski definition) is 0. The van der Waals surface area contributed by atoms with E-state index in [4.69, 9.17) is 0 Å². The van der Waals surface area contributed by atoms with E-state index in [0.717, 1.165) is 68.3 Å². The summed E-state index contributed by atoms with van der Waals surface area (Å²) in [6.07, 6.45) is 8.59. The number of aromatic nitrogens is 2. The molecule has 31 heavy (non-hydrogen) atoms. The number of nitrogens with zero attached hydrogens (tertiary/aromatic N) is 6. The number of rotatable bonds is 5. The average molecular weight is 415 g/mol. The monoisotopic (exact) mass is 414 g/mol. The van der Waals surface area contributed by atoms with Crippen LogP contribution in [0.3, 0.4) is 0 Å². The predicted octanol–water partition coefficient (Wildman–Crippen LogP) is 3.24. The summed E-state index contributed by atoms with van der Waals surface area (Å²) in [6, 6.07) is 14.6. The molecule has 6 heteroatoms. The van der Waals surface area contributed by atoms with Crippen LogP contribution < -0.4 is 4.90 Å². The van der Waals surface area contributed by atoms with Gasteiger partial charge >= 0.3 is 0 Å². The molecule has 5 heterocycles. The molecule has 5 rings (SSSR count). The summed E-state index contributed by atoms with van der Waals surface area (Å²) < 4.78 is 2.08. The molecule has 0 saturated carbocycles. The van der Waals surface area contributed by atoms with Crippen molar-refractivity contribution in [3.05, 3.63) is 66.1 Å². The molecule has 0 amide bonds. The van der Waals surface area contributed by atoms with Crippen LogP contribution in [-0.4, -0.2) is 65.0 Å². The van der Waals surface area contributed by atoms with Crippen molar-refractivity contribution in [3.8, 4) is 6.07 Å². The Hall–Kier alpha value is -2.88. The third-order valence-electron chi connectivity index (χ3n) is 6.73. The fourth-order valence-corrected chi connectivity index (χ4v) is 5.18. The molecular weight excluding hydrogens is 384 g/mol. The van der Waals surface area contributed by atoms with E-state index >= 15 is 0 Å². The minimum Gasteiger partial charge on any atom is -0.354 e. The van der Waals surface area contributed by atoms with Crippen LogP contribution in [0.1, 0.15) is 24.0 Å². The van der Waals surface area contributed by atoms with Crippen molar-refractivity contribution in [2.45, 2.75) is 19.4 Å². The van der Waals surface area contributed by atoms with Gasteiger partial charge in [0.15, 0.2) is 0 Å². The second-order valence-corrected chi connectivity index (χ2v) is 8.85. The van der Waals surface area contributed by atoms with Crippen molar-refractivity contribution in [2.75, 3.05) is 50.7 Å². The Morgan fingerprint density at radius 2 is 1.87 bits per heavy atom. The number of piperazine rings is 1. The first kappa shape index (κ1) is 20.0. The summed E-state index contributed by atoms with van der Waals surface area (Å²) in [4.78, 5) is 12.1. The van der Waals surface area contributed by atoms with Crippen LogP contribution >= 0.6 is 0 Å². The molecule has 160 valence electrons. The number of fused-ring (bicyclic) bond motifs is 1. The summed E-state index contributed by atoms with van der Waals surface area (Å²) in [5.74, 6) is 1.80. The normalized spacial score (nSPS) is 20.7. The van der Waals surface area contributed by atoms with Crippen molar-refractivity contribution in [2.24, 2.45) is 5.92 Å². The summed E-state index contributed by atoms with van der Waals surface area (Å²) in [5.41, 5.74) is 2.99. The fraction of sp³-hybridized carbons (Fsp3) is 0.440. The molecule has 2 aliphatic rings. The lowest BCUT2D eigenvalue weighted by Gasteiger charge is -2.39. The van der Waals surface area contributed by atoms with Crippen molar-refractivity contribution >= 4 is 11.3 Å². The lowest BCUT2D eigenvalue weighted by molar-refractivity contribution is 0.124. The molecule has 1 atom stereocenters. The van der Waals surface area contributed by atoms with E-state index in [1.807, 2.05) is 36.7 Å². The molecule has 0 N–H and O–H groups in total. The Kier molecular flexibility index (Phi) is 5.88. The number of nitriles is 1. The Morgan fingerprint density at radius 3 is 2.68 bits per heavy atom. The Morgan fingerprint density at radius 1 is 1.00 bits per heavy atom. The van der Waals surface area contributed by atoms with E-state index in [-0.39, 0.29) is 0 Å². The summed E-state index contributed by atoms with van der Waals surface area (Å²) in [5, 5.41) is 9.71. The lowest BCUT2D eigenvalue weighted by atomic mass is 9.96. The van der Waals surface area contributed by atoms with Crippen LogP contribution in [0, 0.1) is 17.2 Å². The van der Waals surface area contributed by atoms with Crippen LogP contribution in [0.2, 0.25) is 0 Å². The second-order valence-electron chi connectivity index (χ2n) is 8.85. The Balaban J connectivity index is 1.17. The maximum atomic E-state index is 9.71. The summed E-state index contributed by atoms with van der Waals surface area (Å²) in [7, 11) is 0. The Bertz CT molecular complexity index is 1040. The number of anilines is 1. The lowest BCUT2D eigenvalue weighted by Crippen LogP contribution is -2.49. The molecule has 2 fully saturated rings. The highest BCUT2D eigenvalue weighted by atomic mass is 15.3. The van der Waals surface area contributed by atoms with E-state index in [2.05, 4.69) is 48.5 Å². The minimum absolute atomic E-state index is 0.706. The van der Waals surface area contributed by atoms with Crippen molar-refractivity contribution in [1.82, 2.24) is 19.2 Å². The van der Waals surface area contributed by atoms with Crippen LogP contribution in [-0.2, 0) is 6.54 Å². The topological polar surface area (TPSA) is 50.8 Å². The molecule has 2 aliphatic heterocycles. The predicted molar refractivity (Wildman–Crippen MR) is 123 cm³/mol. The molecule has 6 nitrogen and oxygen atoms in total. The zero-order valence-corrected chi connectivity index (χ0v) is 18.0. The van der Waals surface area contributed by atoms with Crippen LogP contribution in [0.5, 0.6) is 0 Å². The average Bonchev–Trinajstić information content (AvgIpc) is 3.17. The number of pyridine rings is 2. The standard InChI is InChI=1S/C25H30N6/c26-16-23-22(20-31-11-4-2-7-24(23)31)19-29-10-5-6-21(18-29)17-28-12-14-30(15-13-28)25-8-1-3-9-27-25/h1-4,7-9,11,20-21H,5-6,10,12-15,17-19H2. The third kappa shape index (κ3) is 4.43. The van der Waals surface area contributed by atoms with Gasteiger partial charge in [0.25, 0.3) is 0 Å².